The molecule has 1 N–H and O–H groups in total. The number of esters is 1. The van der Waals surface area contributed by atoms with Crippen LogP contribution in [-0.2, 0) is 23.4 Å². The van der Waals surface area contributed by atoms with E-state index in [2.05, 4.69) is 57.5 Å². The molecule has 6 nitrogen and oxygen atoms in total. The zero-order chi connectivity index (χ0) is 29.4. The summed E-state index contributed by atoms with van der Waals surface area (Å²) in [5.41, 5.74) is -0.937. The zero-order valence-electron chi connectivity index (χ0n) is 24.6. The molecule has 0 aliphatic rings. The summed E-state index contributed by atoms with van der Waals surface area (Å²) in [5.74, 6) is 12.1. The molecule has 0 amide bonds. The van der Waals surface area contributed by atoms with Crippen molar-refractivity contribution in [2.75, 3.05) is 27.1 Å². The molecule has 0 fully saturated rings. The molecule has 0 aromatic heterocycles. The normalized spacial score (nSPS) is 14.5. The maximum atomic E-state index is 11.7. The molecule has 0 aliphatic carbocycles. The van der Waals surface area contributed by atoms with Crippen molar-refractivity contribution in [3.63, 3.8) is 0 Å². The summed E-state index contributed by atoms with van der Waals surface area (Å²) in [6.07, 6.45) is 5.22. The Morgan fingerprint density at radius 2 is 1.79 bits per heavy atom. The maximum absolute atomic E-state index is 11.7. The van der Waals surface area contributed by atoms with Crippen LogP contribution in [0, 0.1) is 23.7 Å². The Morgan fingerprint density at radius 1 is 1.13 bits per heavy atom. The summed E-state index contributed by atoms with van der Waals surface area (Å²) in [7, 11) is -0.702. The van der Waals surface area contributed by atoms with Crippen molar-refractivity contribution in [1.82, 2.24) is 0 Å². The molecule has 0 radical (unpaired) electrons. The molecule has 0 spiro atoms. The van der Waals surface area contributed by atoms with Gasteiger partial charge in [0.1, 0.15) is 18.5 Å². The van der Waals surface area contributed by atoms with Gasteiger partial charge in [0, 0.05) is 23.3 Å². The number of aliphatic hydroxyl groups excluding tert-OH is 1. The largest absolute Gasteiger partial charge is 0.466 e. The molecule has 0 unspecified atom stereocenters. The number of hydrogen-bond donors (Lipinski definition) is 1. The SMILES string of the molecule is CCOC(=O)CC[C@@H](C#C/C=C\C#C[C@@](C)(O[Si](C)(C)C(C)(C)C)/C(=C/CO)Sc1ccccc1)OCOC. The van der Waals surface area contributed by atoms with Crippen molar-refractivity contribution in [2.45, 2.75) is 82.2 Å². The Kier molecular flexibility index (Phi) is 15.5. The van der Waals surface area contributed by atoms with Crippen LogP contribution in [0.5, 0.6) is 0 Å². The van der Waals surface area contributed by atoms with Crippen molar-refractivity contribution >= 4 is 26.0 Å². The number of benzene rings is 1. The lowest BCUT2D eigenvalue weighted by Crippen LogP contribution is -2.48. The van der Waals surface area contributed by atoms with Gasteiger partial charge in [0.25, 0.3) is 0 Å². The topological polar surface area (TPSA) is 74.2 Å². The Bertz CT molecular complexity index is 1070. The highest BCUT2D eigenvalue weighted by molar-refractivity contribution is 8.03. The molecule has 1 rings (SSSR count). The Balaban J connectivity index is 3.22. The molecule has 214 valence electrons. The lowest BCUT2D eigenvalue weighted by molar-refractivity contribution is -0.144. The van der Waals surface area contributed by atoms with Gasteiger partial charge in [-0.1, -0.05) is 74.4 Å². The second-order valence-electron chi connectivity index (χ2n) is 10.4. The smallest absolute Gasteiger partial charge is 0.305 e. The number of allylic oxidation sites excluding steroid dienone is 2. The van der Waals surface area contributed by atoms with E-state index in [1.807, 2.05) is 37.3 Å². The number of rotatable bonds is 13. The van der Waals surface area contributed by atoms with Crippen LogP contribution in [0.3, 0.4) is 0 Å². The third kappa shape index (κ3) is 13.1. The minimum atomic E-state index is -2.23. The number of carbonyl (C=O) groups is 1. The van der Waals surface area contributed by atoms with Gasteiger partial charge in [-0.2, -0.15) is 0 Å². The van der Waals surface area contributed by atoms with E-state index in [4.69, 9.17) is 18.6 Å². The van der Waals surface area contributed by atoms with Gasteiger partial charge in [-0.3, -0.25) is 4.79 Å². The van der Waals surface area contributed by atoms with Gasteiger partial charge < -0.3 is 23.7 Å². The lowest BCUT2D eigenvalue weighted by atomic mass is 10.1. The molecule has 0 aliphatic heterocycles. The molecule has 0 saturated heterocycles. The Morgan fingerprint density at radius 3 is 2.38 bits per heavy atom. The number of aliphatic hydroxyl groups is 1. The van der Waals surface area contributed by atoms with Gasteiger partial charge in [0.15, 0.2) is 8.32 Å². The van der Waals surface area contributed by atoms with Crippen LogP contribution >= 0.6 is 11.8 Å². The van der Waals surface area contributed by atoms with Gasteiger partial charge in [-0.05, 0) is 68.8 Å². The van der Waals surface area contributed by atoms with E-state index in [0.717, 1.165) is 9.80 Å². The van der Waals surface area contributed by atoms with Crippen LogP contribution < -0.4 is 0 Å². The number of methoxy groups -OCH3 is 1. The van der Waals surface area contributed by atoms with E-state index in [0.29, 0.717) is 13.0 Å². The minimum absolute atomic E-state index is 0.0280. The van der Waals surface area contributed by atoms with Gasteiger partial charge in [-0.15, -0.1) is 0 Å². The van der Waals surface area contributed by atoms with Crippen LogP contribution in [-0.4, -0.2) is 58.2 Å². The number of thioether (sulfide) groups is 1. The van der Waals surface area contributed by atoms with E-state index in [1.54, 1.807) is 36.9 Å². The second kappa shape index (κ2) is 17.4. The van der Waals surface area contributed by atoms with Crippen molar-refractivity contribution in [2.24, 2.45) is 0 Å². The fourth-order valence-electron chi connectivity index (χ4n) is 3.07. The quantitative estimate of drug-likeness (QED) is 0.0973. The second-order valence-corrected chi connectivity index (χ2v) is 16.2. The summed E-state index contributed by atoms with van der Waals surface area (Å²) in [5, 5.41) is 9.81. The summed E-state index contributed by atoms with van der Waals surface area (Å²) >= 11 is 1.54. The molecule has 0 heterocycles. The van der Waals surface area contributed by atoms with E-state index < -0.39 is 20.0 Å². The first-order valence-corrected chi connectivity index (χ1v) is 16.8. The monoisotopic (exact) mass is 572 g/mol. The highest BCUT2D eigenvalue weighted by atomic mass is 32.2. The van der Waals surface area contributed by atoms with Gasteiger partial charge in [0.05, 0.1) is 13.2 Å². The van der Waals surface area contributed by atoms with Crippen LogP contribution in [0.2, 0.25) is 18.1 Å². The van der Waals surface area contributed by atoms with Gasteiger partial charge >= 0.3 is 5.97 Å². The molecule has 39 heavy (non-hydrogen) atoms. The van der Waals surface area contributed by atoms with E-state index in [-0.39, 0.29) is 30.8 Å². The van der Waals surface area contributed by atoms with E-state index in [1.165, 1.54) is 7.11 Å². The highest BCUT2D eigenvalue weighted by Crippen LogP contribution is 2.44. The van der Waals surface area contributed by atoms with Crippen molar-refractivity contribution in [1.29, 1.82) is 0 Å². The molecule has 0 saturated carbocycles. The van der Waals surface area contributed by atoms with Crippen LogP contribution in [0.15, 0.2) is 58.4 Å². The molecular formula is C31H44O6SSi. The maximum Gasteiger partial charge on any atom is 0.305 e. The molecule has 8 heteroatoms. The summed E-state index contributed by atoms with van der Waals surface area (Å²) < 4.78 is 22.4. The molecule has 1 aromatic carbocycles. The molecule has 1 aromatic rings. The molecular weight excluding hydrogens is 528 g/mol. The third-order valence-electron chi connectivity index (χ3n) is 6.09. The van der Waals surface area contributed by atoms with Crippen molar-refractivity contribution in [3.05, 3.63) is 53.5 Å². The van der Waals surface area contributed by atoms with Gasteiger partial charge in [-0.25, -0.2) is 0 Å². The first-order chi connectivity index (χ1) is 18.4. The van der Waals surface area contributed by atoms with Crippen LogP contribution in [0.25, 0.3) is 0 Å². The fraction of sp³-hybridized carbons (Fsp3) is 0.516. The van der Waals surface area contributed by atoms with Crippen LogP contribution in [0.4, 0.5) is 0 Å². The summed E-state index contributed by atoms with van der Waals surface area (Å²) in [4.78, 5) is 13.6. The standard InChI is InChI=1S/C31H44O6SSi/c1-9-35-29(33)21-20-26(36-25-34-6)17-13-10-11-16-23-31(5,37-39(7,8)30(2,3)4)28(22-24-32)38-27-18-14-12-15-19-27/h10-12,14-15,18-19,22,26,32H,9,20-21,24-25H2,1-8H3/b11-10-,28-22-/t26-,31-/m1/s1. The molecule has 0 bridgehead atoms. The summed E-state index contributed by atoms with van der Waals surface area (Å²) in [6.45, 7) is 15.0. The summed E-state index contributed by atoms with van der Waals surface area (Å²) in [6, 6.07) is 9.98. The number of ether oxygens (including phenoxy) is 3. The first-order valence-electron chi connectivity index (χ1n) is 13.1. The number of carbonyl (C=O) groups excluding carboxylic acids is 1. The average Bonchev–Trinajstić information content (AvgIpc) is 2.86. The highest BCUT2D eigenvalue weighted by Gasteiger charge is 2.44. The van der Waals surface area contributed by atoms with Crippen LogP contribution in [0.1, 0.15) is 47.5 Å². The third-order valence-corrected chi connectivity index (χ3v) is 11.9. The van der Waals surface area contributed by atoms with Crippen molar-refractivity contribution in [3.8, 4) is 23.7 Å². The predicted molar refractivity (Wildman–Crippen MR) is 161 cm³/mol. The number of hydrogen-bond acceptors (Lipinski definition) is 7. The Labute approximate surface area is 240 Å². The molecule has 2 atom stereocenters. The van der Waals surface area contributed by atoms with E-state index in [9.17, 15) is 9.90 Å². The minimum Gasteiger partial charge on any atom is -0.466 e. The average molecular weight is 573 g/mol. The van der Waals surface area contributed by atoms with Gasteiger partial charge in [0.2, 0.25) is 0 Å². The zero-order valence-corrected chi connectivity index (χ0v) is 26.4. The predicted octanol–water partition coefficient (Wildman–Crippen LogP) is 6.33. The van der Waals surface area contributed by atoms with Crippen molar-refractivity contribution < 1.29 is 28.5 Å². The Hall–Kier alpha value is -2.30. The fourth-order valence-corrected chi connectivity index (χ4v) is 5.62. The van der Waals surface area contributed by atoms with E-state index >= 15 is 0 Å². The lowest BCUT2D eigenvalue weighted by Gasteiger charge is -2.42. The first kappa shape index (κ1) is 34.7.